The summed E-state index contributed by atoms with van der Waals surface area (Å²) in [5.41, 5.74) is 0.341. The van der Waals surface area contributed by atoms with Gasteiger partial charge in [0.1, 0.15) is 0 Å². The molecule has 2 aromatic carbocycles. The van der Waals surface area contributed by atoms with Crippen LogP contribution < -0.4 is 0 Å². The average molecular weight is 499 g/mol. The number of rotatable bonds is 10. The third kappa shape index (κ3) is 6.52. The number of fused-ring (bicyclic) bond motifs is 1. The highest BCUT2D eigenvalue weighted by atomic mass is 32.2. The first-order valence-electron chi connectivity index (χ1n) is 12.0. The van der Waals surface area contributed by atoms with Crippen molar-refractivity contribution in [2.24, 2.45) is 0 Å². The lowest BCUT2D eigenvalue weighted by Gasteiger charge is -2.40. The standard InChI is InChI=1S/C27H38N2O3SSi/c1-8-31-26(30)24-18-29(19-28-24)25(20(2)32-34(6,7)27(3,4)5)15-16-33-23-14-13-21-11-9-10-12-22(21)17-23/h9-14,17-20,25H,8,15-16H2,1-7H3/t20-,25+/m0/s1. The molecule has 0 unspecified atom stereocenters. The number of thioether (sulfide) groups is 1. The lowest BCUT2D eigenvalue weighted by molar-refractivity contribution is 0.0519. The molecule has 7 heteroatoms. The number of carbonyl (C=O) groups is 1. The Morgan fingerprint density at radius 3 is 2.53 bits per heavy atom. The molecule has 1 heterocycles. The molecule has 1 aromatic heterocycles. The van der Waals surface area contributed by atoms with Gasteiger partial charge in [-0.1, -0.05) is 51.1 Å². The van der Waals surface area contributed by atoms with Crippen LogP contribution in [0.15, 0.2) is 59.9 Å². The topological polar surface area (TPSA) is 53.4 Å². The molecule has 0 radical (unpaired) electrons. The van der Waals surface area contributed by atoms with E-state index >= 15 is 0 Å². The van der Waals surface area contributed by atoms with Crippen molar-refractivity contribution >= 4 is 36.8 Å². The van der Waals surface area contributed by atoms with Gasteiger partial charge in [-0.05, 0) is 61.3 Å². The van der Waals surface area contributed by atoms with Crippen molar-refractivity contribution < 1.29 is 14.0 Å². The van der Waals surface area contributed by atoms with Gasteiger partial charge in [-0.15, -0.1) is 11.8 Å². The molecule has 0 aliphatic heterocycles. The zero-order valence-corrected chi connectivity index (χ0v) is 23.3. The lowest BCUT2D eigenvalue weighted by atomic mass is 10.1. The predicted octanol–water partition coefficient (Wildman–Crippen LogP) is 7.35. The predicted molar refractivity (Wildman–Crippen MR) is 144 cm³/mol. The maximum absolute atomic E-state index is 12.2. The van der Waals surface area contributed by atoms with Crippen LogP contribution in [-0.4, -0.2) is 42.3 Å². The van der Waals surface area contributed by atoms with Gasteiger partial charge in [-0.2, -0.15) is 0 Å². The summed E-state index contributed by atoms with van der Waals surface area (Å²) in [5.74, 6) is 0.546. The molecule has 0 amide bonds. The minimum Gasteiger partial charge on any atom is -0.461 e. The first-order valence-corrected chi connectivity index (χ1v) is 15.9. The van der Waals surface area contributed by atoms with Gasteiger partial charge in [0.05, 0.1) is 25.1 Å². The highest BCUT2D eigenvalue weighted by Crippen LogP contribution is 2.39. The fourth-order valence-electron chi connectivity index (χ4n) is 3.73. The van der Waals surface area contributed by atoms with E-state index in [2.05, 4.69) is 88.2 Å². The van der Waals surface area contributed by atoms with Crippen LogP contribution >= 0.6 is 11.8 Å². The first kappa shape index (κ1) is 26.5. The molecule has 0 fully saturated rings. The van der Waals surface area contributed by atoms with Gasteiger partial charge >= 0.3 is 5.97 Å². The molecule has 0 N–H and O–H groups in total. The summed E-state index contributed by atoms with van der Waals surface area (Å²) in [6.07, 6.45) is 4.42. The number of ether oxygens (including phenoxy) is 1. The summed E-state index contributed by atoms with van der Waals surface area (Å²) < 4.78 is 13.9. The minimum atomic E-state index is -1.96. The molecule has 3 aromatic rings. The van der Waals surface area contributed by atoms with E-state index in [1.54, 1.807) is 19.4 Å². The van der Waals surface area contributed by atoms with Crippen LogP contribution in [0.1, 0.15) is 57.6 Å². The highest BCUT2D eigenvalue weighted by molar-refractivity contribution is 7.99. The summed E-state index contributed by atoms with van der Waals surface area (Å²) in [7, 11) is -1.96. The number of hydrogen-bond acceptors (Lipinski definition) is 5. The number of benzene rings is 2. The van der Waals surface area contributed by atoms with E-state index in [1.807, 2.05) is 16.3 Å². The van der Waals surface area contributed by atoms with Gasteiger partial charge in [-0.25, -0.2) is 9.78 Å². The molecular formula is C27H38N2O3SSi. The third-order valence-corrected chi connectivity index (χ3v) is 12.3. The van der Waals surface area contributed by atoms with Gasteiger partial charge in [-0.3, -0.25) is 0 Å². The van der Waals surface area contributed by atoms with E-state index in [4.69, 9.17) is 9.16 Å². The van der Waals surface area contributed by atoms with Crippen LogP contribution in [0.4, 0.5) is 0 Å². The Hall–Kier alpha value is -2.09. The number of carbonyl (C=O) groups excluding carboxylic acids is 1. The third-order valence-electron chi connectivity index (χ3n) is 6.70. The first-order chi connectivity index (χ1) is 16.0. The molecule has 184 valence electrons. The maximum atomic E-state index is 12.2. The number of esters is 1. The van der Waals surface area contributed by atoms with E-state index in [9.17, 15) is 4.79 Å². The number of aromatic nitrogens is 2. The van der Waals surface area contributed by atoms with Crippen LogP contribution in [0.3, 0.4) is 0 Å². The maximum Gasteiger partial charge on any atom is 0.358 e. The van der Waals surface area contributed by atoms with E-state index in [-0.39, 0.29) is 23.2 Å². The molecular weight excluding hydrogens is 460 g/mol. The van der Waals surface area contributed by atoms with E-state index < -0.39 is 8.32 Å². The Kier molecular flexibility index (Phi) is 8.65. The monoisotopic (exact) mass is 498 g/mol. The van der Waals surface area contributed by atoms with Crippen LogP contribution in [-0.2, 0) is 9.16 Å². The van der Waals surface area contributed by atoms with Gasteiger partial charge in [0.15, 0.2) is 14.0 Å². The Labute approximate surface area is 209 Å². The second kappa shape index (κ2) is 11.1. The quantitative estimate of drug-likeness (QED) is 0.166. The van der Waals surface area contributed by atoms with Gasteiger partial charge in [0, 0.05) is 16.8 Å². The average Bonchev–Trinajstić information content (AvgIpc) is 3.25. The summed E-state index contributed by atoms with van der Waals surface area (Å²) in [4.78, 5) is 17.8. The summed E-state index contributed by atoms with van der Waals surface area (Å²) in [6, 6.07) is 15.1. The molecule has 0 aliphatic carbocycles. The Balaban J connectivity index is 1.77. The van der Waals surface area contributed by atoms with Gasteiger partial charge in [0.25, 0.3) is 0 Å². The molecule has 0 spiro atoms. The zero-order chi connectivity index (χ0) is 24.9. The SMILES string of the molecule is CCOC(=O)c1cn([C@H](CCSc2ccc3ccccc3c2)[C@H](C)O[Si](C)(C)C(C)(C)C)cn1. The zero-order valence-electron chi connectivity index (χ0n) is 21.5. The largest absolute Gasteiger partial charge is 0.461 e. The van der Waals surface area contributed by atoms with Gasteiger partial charge in [0.2, 0.25) is 0 Å². The number of nitrogens with zero attached hydrogens (tertiary/aromatic N) is 2. The highest BCUT2D eigenvalue weighted by Gasteiger charge is 2.40. The minimum absolute atomic E-state index is 0.0117. The van der Waals surface area contributed by atoms with Crippen molar-refractivity contribution in [3.63, 3.8) is 0 Å². The lowest BCUT2D eigenvalue weighted by Crippen LogP contribution is -2.45. The molecule has 0 saturated carbocycles. The smallest absolute Gasteiger partial charge is 0.358 e. The van der Waals surface area contributed by atoms with E-state index in [0.717, 1.165) is 12.2 Å². The Morgan fingerprint density at radius 1 is 1.15 bits per heavy atom. The fourth-order valence-corrected chi connectivity index (χ4v) is 6.14. The number of imidazole rings is 1. The van der Waals surface area contributed by atoms with Crippen LogP contribution in [0.25, 0.3) is 10.8 Å². The summed E-state index contributed by atoms with van der Waals surface area (Å²) in [6.45, 7) is 15.6. The molecule has 34 heavy (non-hydrogen) atoms. The van der Waals surface area contributed by atoms with Gasteiger partial charge < -0.3 is 13.7 Å². The van der Waals surface area contributed by atoms with Crippen LogP contribution in [0.2, 0.25) is 18.1 Å². The van der Waals surface area contributed by atoms with Crippen molar-refractivity contribution in [3.8, 4) is 0 Å². The molecule has 3 rings (SSSR count). The normalized spacial score (nSPS) is 14.2. The second-order valence-corrected chi connectivity index (χ2v) is 16.1. The van der Waals surface area contributed by atoms with Crippen molar-refractivity contribution in [2.75, 3.05) is 12.4 Å². The van der Waals surface area contributed by atoms with E-state index in [1.165, 1.54) is 15.7 Å². The molecule has 0 bridgehead atoms. The summed E-state index contributed by atoms with van der Waals surface area (Å²) in [5, 5.41) is 2.63. The molecule has 2 atom stereocenters. The van der Waals surface area contributed by atoms with E-state index in [0.29, 0.717) is 12.3 Å². The summed E-state index contributed by atoms with van der Waals surface area (Å²) >= 11 is 1.85. The Morgan fingerprint density at radius 2 is 1.85 bits per heavy atom. The van der Waals surface area contributed by atoms with Crippen molar-refractivity contribution in [2.45, 2.75) is 76.2 Å². The molecule has 0 saturated heterocycles. The number of hydrogen-bond donors (Lipinski definition) is 0. The van der Waals surface area contributed by atoms with Crippen molar-refractivity contribution in [1.82, 2.24) is 9.55 Å². The van der Waals surface area contributed by atoms with Crippen molar-refractivity contribution in [1.29, 1.82) is 0 Å². The fraction of sp³-hybridized carbons (Fsp3) is 0.481. The van der Waals surface area contributed by atoms with Crippen LogP contribution in [0, 0.1) is 0 Å². The second-order valence-electron chi connectivity index (χ2n) is 10.2. The molecule has 0 aliphatic rings. The molecule has 5 nitrogen and oxygen atoms in total. The van der Waals surface area contributed by atoms with Crippen molar-refractivity contribution in [3.05, 3.63) is 60.7 Å². The Bertz CT molecular complexity index is 1110. The van der Waals surface area contributed by atoms with Crippen LogP contribution in [0.5, 0.6) is 0 Å².